The number of hydrogen-bond donors (Lipinski definition) is 1. The van der Waals surface area contributed by atoms with E-state index >= 15 is 0 Å². The first kappa shape index (κ1) is 8.80. The minimum absolute atomic E-state index is 0.284. The van der Waals surface area contributed by atoms with E-state index in [4.69, 9.17) is 11.7 Å². The molecule has 0 radical (unpaired) electrons. The van der Waals surface area contributed by atoms with Crippen LogP contribution < -0.4 is 0 Å². The zero-order valence-electron chi connectivity index (χ0n) is 5.42. The Morgan fingerprint density at radius 1 is 1.44 bits per heavy atom. The van der Waals surface area contributed by atoms with Gasteiger partial charge in [-0.2, -0.15) is 11.8 Å². The summed E-state index contributed by atoms with van der Waals surface area (Å²) in [6.45, 7) is 5.91. The van der Waals surface area contributed by atoms with Crippen molar-refractivity contribution in [2.45, 2.75) is 6.42 Å². The molecule has 0 fully saturated rings. The molecule has 0 saturated heterocycles. The van der Waals surface area contributed by atoms with Crippen LogP contribution in [-0.2, 0) is 0 Å². The number of aliphatic hydroxyl groups is 1. The summed E-state index contributed by atoms with van der Waals surface area (Å²) in [5.74, 6) is 1.97. The molecule has 0 heterocycles. The van der Waals surface area contributed by atoms with Crippen LogP contribution in [0.5, 0.6) is 0 Å². The maximum atomic E-state index is 8.36. The van der Waals surface area contributed by atoms with Crippen molar-refractivity contribution >= 4 is 11.8 Å². The Labute approximate surface area is 60.1 Å². The van der Waals surface area contributed by atoms with Crippen LogP contribution in [0.25, 0.3) is 4.85 Å². The fraction of sp³-hybridized carbons (Fsp3) is 0.833. The van der Waals surface area contributed by atoms with E-state index in [1.807, 2.05) is 0 Å². The number of rotatable bonds is 5. The minimum Gasteiger partial charge on any atom is -0.396 e. The molecule has 0 aliphatic heterocycles. The lowest BCUT2D eigenvalue weighted by Gasteiger charge is -1.90. The van der Waals surface area contributed by atoms with Gasteiger partial charge in [0.25, 0.3) is 13.1 Å². The Hall–Kier alpha value is -0.200. The van der Waals surface area contributed by atoms with Gasteiger partial charge in [-0.3, -0.25) is 0 Å². The van der Waals surface area contributed by atoms with Crippen molar-refractivity contribution < 1.29 is 5.11 Å². The summed E-state index contributed by atoms with van der Waals surface area (Å²) in [6, 6.07) is 0. The molecule has 2 nitrogen and oxygen atoms in total. The van der Waals surface area contributed by atoms with E-state index in [0.717, 1.165) is 24.5 Å². The largest absolute Gasteiger partial charge is 0.396 e. The van der Waals surface area contributed by atoms with Crippen LogP contribution in [0.3, 0.4) is 0 Å². The molecular formula is C6H12NOS+. The van der Waals surface area contributed by atoms with E-state index in [1.54, 1.807) is 11.8 Å². The molecule has 0 bridgehead atoms. The first-order valence-electron chi connectivity index (χ1n) is 2.97. The Morgan fingerprint density at radius 2 is 2.22 bits per heavy atom. The van der Waals surface area contributed by atoms with Crippen molar-refractivity contribution in [1.82, 2.24) is 0 Å². The highest BCUT2D eigenvalue weighted by molar-refractivity contribution is 7.99. The zero-order chi connectivity index (χ0) is 6.95. The maximum Gasteiger partial charge on any atom is 0.272 e. The molecule has 0 saturated carbocycles. The quantitative estimate of drug-likeness (QED) is 0.587. The van der Waals surface area contributed by atoms with Gasteiger partial charge in [-0.1, -0.05) is 4.85 Å². The number of thioether (sulfide) groups is 1. The van der Waals surface area contributed by atoms with E-state index in [-0.39, 0.29) is 6.61 Å². The molecule has 0 aromatic heterocycles. The lowest BCUT2D eigenvalue weighted by atomic mass is 10.5. The highest BCUT2D eigenvalue weighted by Crippen LogP contribution is 2.00. The predicted molar refractivity (Wildman–Crippen MR) is 42.2 cm³/mol. The number of hydrogen-bond acceptors (Lipinski definition) is 2. The summed E-state index contributed by atoms with van der Waals surface area (Å²) in [6.07, 6.45) is 0.870. The predicted octanol–water partition coefficient (Wildman–Crippen LogP) is 1.06. The van der Waals surface area contributed by atoms with Gasteiger partial charge in [0.2, 0.25) is 0 Å². The monoisotopic (exact) mass is 146 g/mol. The Bertz CT molecular complexity index is 89.5. The molecule has 0 amide bonds. The molecule has 0 rings (SSSR count). The highest BCUT2D eigenvalue weighted by atomic mass is 32.2. The first-order chi connectivity index (χ1) is 4.41. The third-order valence-electron chi connectivity index (χ3n) is 0.812. The van der Waals surface area contributed by atoms with Gasteiger partial charge >= 0.3 is 0 Å². The third-order valence-corrected chi connectivity index (χ3v) is 1.86. The molecule has 0 atom stereocenters. The Balaban J connectivity index is 2.69. The highest BCUT2D eigenvalue weighted by Gasteiger charge is 1.90. The Morgan fingerprint density at radius 3 is 2.78 bits per heavy atom. The molecular weight excluding hydrogens is 134 g/mol. The molecule has 0 aromatic rings. The van der Waals surface area contributed by atoms with Gasteiger partial charge in [-0.25, -0.2) is 0 Å². The Kier molecular flexibility index (Phi) is 7.63. The van der Waals surface area contributed by atoms with Gasteiger partial charge in [0.05, 0.1) is 5.75 Å². The summed E-state index contributed by atoms with van der Waals surface area (Å²) in [5, 5.41) is 8.36. The van der Waals surface area contributed by atoms with Crippen molar-refractivity contribution in [1.29, 1.82) is 0 Å². The van der Waals surface area contributed by atoms with Crippen LogP contribution in [0.1, 0.15) is 6.42 Å². The second kappa shape index (κ2) is 7.80. The fourth-order valence-corrected chi connectivity index (χ4v) is 1.16. The van der Waals surface area contributed by atoms with E-state index in [1.165, 1.54) is 0 Å². The van der Waals surface area contributed by atoms with Gasteiger partial charge in [-0.15, -0.1) is 0 Å². The van der Waals surface area contributed by atoms with Crippen LogP contribution >= 0.6 is 11.8 Å². The number of aliphatic hydroxyl groups excluding tert-OH is 1. The summed E-state index contributed by atoms with van der Waals surface area (Å²) in [4.78, 5) is 3.45. The van der Waals surface area contributed by atoms with Crippen molar-refractivity contribution in [3.8, 4) is 6.57 Å². The third kappa shape index (κ3) is 7.80. The summed E-state index contributed by atoms with van der Waals surface area (Å²) in [5.41, 5.74) is 0. The second-order valence-corrected chi connectivity index (χ2v) is 2.82. The van der Waals surface area contributed by atoms with Crippen molar-refractivity contribution in [3.63, 3.8) is 0 Å². The molecule has 0 unspecified atom stereocenters. The standard InChI is InChI=1S/C6H12NOS/c1-7-3-6-9-5-2-4-8/h1,8H,2-6H2/q+1. The van der Waals surface area contributed by atoms with Crippen LogP contribution in [0, 0.1) is 6.57 Å². The minimum atomic E-state index is 0.284. The smallest absolute Gasteiger partial charge is 0.272 e. The van der Waals surface area contributed by atoms with Gasteiger partial charge in [0.1, 0.15) is 0 Å². The second-order valence-electron chi connectivity index (χ2n) is 1.60. The molecule has 1 N–H and O–H groups in total. The summed E-state index contributed by atoms with van der Waals surface area (Å²) < 4.78 is 0. The normalized spacial score (nSPS) is 8.89. The van der Waals surface area contributed by atoms with Crippen molar-refractivity contribution in [2.75, 3.05) is 24.7 Å². The van der Waals surface area contributed by atoms with Crippen LogP contribution in [0.4, 0.5) is 0 Å². The summed E-state index contributed by atoms with van der Waals surface area (Å²) >= 11 is 1.77. The molecule has 3 heteroatoms. The van der Waals surface area contributed by atoms with Crippen molar-refractivity contribution in [2.24, 2.45) is 0 Å². The van der Waals surface area contributed by atoms with Crippen molar-refractivity contribution in [3.05, 3.63) is 4.85 Å². The average Bonchev–Trinajstić information content (AvgIpc) is 1.89. The van der Waals surface area contributed by atoms with Crippen LogP contribution in [-0.4, -0.2) is 29.8 Å². The van der Waals surface area contributed by atoms with E-state index in [9.17, 15) is 0 Å². The molecule has 9 heavy (non-hydrogen) atoms. The zero-order valence-corrected chi connectivity index (χ0v) is 6.23. The topological polar surface area (TPSA) is 24.6 Å². The lowest BCUT2D eigenvalue weighted by molar-refractivity contribution is 0.296. The van der Waals surface area contributed by atoms with Gasteiger partial charge < -0.3 is 5.11 Å². The molecule has 0 aromatic carbocycles. The molecule has 0 aliphatic rings. The van der Waals surface area contributed by atoms with Crippen LogP contribution in [0.2, 0.25) is 0 Å². The van der Waals surface area contributed by atoms with Crippen LogP contribution in [0.15, 0.2) is 0 Å². The van der Waals surface area contributed by atoms with Gasteiger partial charge in [0, 0.05) is 6.61 Å². The van der Waals surface area contributed by atoms with Gasteiger partial charge in [-0.05, 0) is 12.2 Å². The first-order valence-corrected chi connectivity index (χ1v) is 4.12. The SMILES string of the molecule is C#[N+]CCSCCCO. The average molecular weight is 146 g/mol. The fourth-order valence-electron chi connectivity index (χ4n) is 0.386. The molecule has 52 valence electrons. The molecule has 0 spiro atoms. The summed E-state index contributed by atoms with van der Waals surface area (Å²) in [7, 11) is 0. The van der Waals surface area contributed by atoms with E-state index in [0.29, 0.717) is 0 Å². The molecule has 0 aliphatic carbocycles. The lowest BCUT2D eigenvalue weighted by Crippen LogP contribution is -1.88. The maximum absolute atomic E-state index is 8.36. The number of nitrogens with zero attached hydrogens (tertiary/aromatic N) is 1. The van der Waals surface area contributed by atoms with Gasteiger partial charge in [0.15, 0.2) is 0 Å². The van der Waals surface area contributed by atoms with E-state index in [2.05, 4.69) is 4.85 Å². The van der Waals surface area contributed by atoms with E-state index < -0.39 is 0 Å².